The van der Waals surface area contributed by atoms with E-state index >= 15 is 0 Å². The van der Waals surface area contributed by atoms with Crippen molar-refractivity contribution in [1.82, 2.24) is 5.32 Å². The van der Waals surface area contributed by atoms with Crippen molar-refractivity contribution in [1.29, 1.82) is 0 Å². The molecule has 0 saturated carbocycles. The van der Waals surface area contributed by atoms with Crippen molar-refractivity contribution in [3.63, 3.8) is 0 Å². The third-order valence-electron chi connectivity index (χ3n) is 5.31. The van der Waals surface area contributed by atoms with Gasteiger partial charge in [-0.25, -0.2) is 0 Å². The first-order chi connectivity index (χ1) is 14.7. The number of nitrogens with one attached hydrogen (secondary N) is 2. The molecule has 4 rings (SSSR count). The van der Waals surface area contributed by atoms with E-state index in [-0.39, 0.29) is 17.9 Å². The molecule has 0 radical (unpaired) electrons. The molecule has 6 heteroatoms. The normalized spacial score (nSPS) is 14.3. The minimum Gasteiger partial charge on any atom is -0.496 e. The first kappa shape index (κ1) is 19.9. The Morgan fingerprint density at radius 3 is 2.47 bits per heavy atom. The Morgan fingerprint density at radius 1 is 0.933 bits per heavy atom. The van der Waals surface area contributed by atoms with E-state index < -0.39 is 0 Å². The van der Waals surface area contributed by atoms with Gasteiger partial charge in [0, 0.05) is 24.8 Å². The molecule has 2 N–H and O–H groups in total. The number of fused-ring (bicyclic) bond motifs is 1. The standard InChI is InChI=1S/C24H24N2O4/c1-29-21-11-5-10-20(22(21)24(28)25-17-12-14-30-15-13-17)26-23(27)19-9-4-7-16-6-2-3-8-18(16)19/h2-11,17H,12-15H2,1H3,(H,25,28)(H,26,27). The number of carbonyl (C=O) groups excluding carboxylic acids is 2. The molecule has 0 atom stereocenters. The zero-order valence-electron chi connectivity index (χ0n) is 16.8. The summed E-state index contributed by atoms with van der Waals surface area (Å²) >= 11 is 0. The number of methoxy groups -OCH3 is 1. The van der Waals surface area contributed by atoms with Crippen LogP contribution >= 0.6 is 0 Å². The van der Waals surface area contributed by atoms with Gasteiger partial charge in [-0.15, -0.1) is 0 Å². The van der Waals surface area contributed by atoms with Crippen LogP contribution in [0.15, 0.2) is 60.7 Å². The Balaban J connectivity index is 1.63. The summed E-state index contributed by atoms with van der Waals surface area (Å²) in [7, 11) is 1.51. The molecule has 0 bridgehead atoms. The smallest absolute Gasteiger partial charge is 0.257 e. The summed E-state index contributed by atoms with van der Waals surface area (Å²) in [5.41, 5.74) is 1.28. The predicted octanol–water partition coefficient (Wildman–Crippen LogP) is 4.01. The summed E-state index contributed by atoms with van der Waals surface area (Å²) in [4.78, 5) is 26.2. The second-order valence-corrected chi connectivity index (χ2v) is 7.22. The molecule has 0 aliphatic carbocycles. The Bertz CT molecular complexity index is 1070. The fourth-order valence-corrected chi connectivity index (χ4v) is 3.75. The maximum Gasteiger partial charge on any atom is 0.257 e. The first-order valence-electron chi connectivity index (χ1n) is 10.0. The highest BCUT2D eigenvalue weighted by Crippen LogP contribution is 2.28. The maximum atomic E-state index is 13.1. The number of benzene rings is 3. The molecule has 1 heterocycles. The largest absolute Gasteiger partial charge is 0.496 e. The van der Waals surface area contributed by atoms with Crippen LogP contribution in [-0.4, -0.2) is 38.2 Å². The van der Waals surface area contributed by atoms with Gasteiger partial charge in [0.15, 0.2) is 0 Å². The van der Waals surface area contributed by atoms with Crippen LogP contribution in [0.2, 0.25) is 0 Å². The number of hydrogen-bond acceptors (Lipinski definition) is 4. The van der Waals surface area contributed by atoms with Gasteiger partial charge in [-0.05, 0) is 41.8 Å². The van der Waals surface area contributed by atoms with Crippen LogP contribution < -0.4 is 15.4 Å². The Hall–Kier alpha value is -3.38. The Morgan fingerprint density at radius 2 is 1.67 bits per heavy atom. The van der Waals surface area contributed by atoms with Crippen molar-refractivity contribution in [3.8, 4) is 5.75 Å². The molecule has 1 saturated heterocycles. The number of amides is 2. The van der Waals surface area contributed by atoms with Crippen LogP contribution in [0.4, 0.5) is 5.69 Å². The third-order valence-corrected chi connectivity index (χ3v) is 5.31. The van der Waals surface area contributed by atoms with Gasteiger partial charge in [0.25, 0.3) is 11.8 Å². The highest BCUT2D eigenvalue weighted by molar-refractivity contribution is 6.15. The van der Waals surface area contributed by atoms with E-state index in [1.54, 1.807) is 24.3 Å². The van der Waals surface area contributed by atoms with Crippen molar-refractivity contribution in [2.24, 2.45) is 0 Å². The second kappa shape index (κ2) is 8.97. The monoisotopic (exact) mass is 404 g/mol. The molecular formula is C24H24N2O4. The number of ether oxygens (including phenoxy) is 2. The van der Waals surface area contributed by atoms with E-state index in [0.717, 1.165) is 23.6 Å². The minimum absolute atomic E-state index is 0.0396. The molecule has 0 aromatic heterocycles. The van der Waals surface area contributed by atoms with Gasteiger partial charge in [-0.2, -0.15) is 0 Å². The van der Waals surface area contributed by atoms with Gasteiger partial charge in [-0.3, -0.25) is 9.59 Å². The third kappa shape index (κ3) is 4.14. The molecule has 30 heavy (non-hydrogen) atoms. The average Bonchev–Trinajstić information content (AvgIpc) is 2.79. The summed E-state index contributed by atoms with van der Waals surface area (Å²) in [6.07, 6.45) is 1.52. The predicted molar refractivity (Wildman–Crippen MR) is 116 cm³/mol. The lowest BCUT2D eigenvalue weighted by Gasteiger charge is -2.24. The van der Waals surface area contributed by atoms with E-state index in [2.05, 4.69) is 10.6 Å². The van der Waals surface area contributed by atoms with Gasteiger partial charge in [0.1, 0.15) is 11.3 Å². The van der Waals surface area contributed by atoms with E-state index in [9.17, 15) is 9.59 Å². The molecule has 6 nitrogen and oxygen atoms in total. The number of rotatable bonds is 5. The van der Waals surface area contributed by atoms with Crippen molar-refractivity contribution in [2.45, 2.75) is 18.9 Å². The van der Waals surface area contributed by atoms with Crippen LogP contribution in [-0.2, 0) is 4.74 Å². The number of hydrogen-bond donors (Lipinski definition) is 2. The summed E-state index contributed by atoms with van der Waals surface area (Å²) < 4.78 is 10.8. The summed E-state index contributed by atoms with van der Waals surface area (Å²) in [5, 5.41) is 7.79. The van der Waals surface area contributed by atoms with E-state index in [4.69, 9.17) is 9.47 Å². The molecule has 0 spiro atoms. The van der Waals surface area contributed by atoms with Gasteiger partial charge in [0.05, 0.1) is 12.8 Å². The highest BCUT2D eigenvalue weighted by atomic mass is 16.5. The molecular weight excluding hydrogens is 380 g/mol. The van der Waals surface area contributed by atoms with Gasteiger partial charge in [-0.1, -0.05) is 42.5 Å². The van der Waals surface area contributed by atoms with Crippen LogP contribution in [0, 0.1) is 0 Å². The maximum absolute atomic E-state index is 13.1. The lowest BCUT2D eigenvalue weighted by atomic mass is 10.0. The minimum atomic E-state index is -0.278. The van der Waals surface area contributed by atoms with Crippen molar-refractivity contribution in [2.75, 3.05) is 25.6 Å². The average molecular weight is 404 g/mol. The molecule has 0 unspecified atom stereocenters. The van der Waals surface area contributed by atoms with Gasteiger partial charge >= 0.3 is 0 Å². The van der Waals surface area contributed by atoms with Crippen LogP contribution in [0.25, 0.3) is 10.8 Å². The van der Waals surface area contributed by atoms with Gasteiger partial charge < -0.3 is 20.1 Å². The fourth-order valence-electron chi connectivity index (χ4n) is 3.75. The number of carbonyl (C=O) groups is 2. The summed E-state index contributed by atoms with van der Waals surface area (Å²) in [6.45, 7) is 1.25. The van der Waals surface area contributed by atoms with E-state index in [0.29, 0.717) is 35.8 Å². The summed E-state index contributed by atoms with van der Waals surface area (Å²) in [5.74, 6) is -0.136. The Labute approximate surface area is 175 Å². The zero-order valence-corrected chi connectivity index (χ0v) is 16.8. The van der Waals surface area contributed by atoms with Crippen molar-refractivity contribution in [3.05, 3.63) is 71.8 Å². The van der Waals surface area contributed by atoms with Crippen LogP contribution in [0.1, 0.15) is 33.6 Å². The second-order valence-electron chi connectivity index (χ2n) is 7.22. The van der Waals surface area contributed by atoms with E-state index in [1.165, 1.54) is 7.11 Å². The molecule has 3 aromatic rings. The van der Waals surface area contributed by atoms with E-state index in [1.807, 2.05) is 36.4 Å². The molecule has 1 aliphatic rings. The van der Waals surface area contributed by atoms with Crippen molar-refractivity contribution >= 4 is 28.3 Å². The molecule has 1 fully saturated rings. The topological polar surface area (TPSA) is 76.7 Å². The summed E-state index contributed by atoms with van der Waals surface area (Å²) in [6, 6.07) is 18.5. The molecule has 1 aliphatic heterocycles. The van der Waals surface area contributed by atoms with Crippen LogP contribution in [0.3, 0.4) is 0 Å². The Kier molecular flexibility index (Phi) is 5.95. The van der Waals surface area contributed by atoms with Crippen molar-refractivity contribution < 1.29 is 19.1 Å². The zero-order chi connectivity index (χ0) is 20.9. The molecule has 2 amide bonds. The SMILES string of the molecule is COc1cccc(NC(=O)c2cccc3ccccc23)c1C(=O)NC1CCOCC1. The van der Waals surface area contributed by atoms with Crippen LogP contribution in [0.5, 0.6) is 5.75 Å². The molecule has 154 valence electrons. The highest BCUT2D eigenvalue weighted by Gasteiger charge is 2.23. The van der Waals surface area contributed by atoms with Gasteiger partial charge in [0.2, 0.25) is 0 Å². The first-order valence-corrected chi connectivity index (χ1v) is 10.0. The quantitative estimate of drug-likeness (QED) is 0.674. The molecule has 3 aromatic carbocycles. The lowest BCUT2D eigenvalue weighted by molar-refractivity contribution is 0.0695. The fraction of sp³-hybridized carbons (Fsp3) is 0.250. The lowest BCUT2D eigenvalue weighted by Crippen LogP contribution is -2.39. The number of anilines is 1.